The monoisotopic (exact) mass is 625 g/mol. The second kappa shape index (κ2) is 10.3. The van der Waals surface area contributed by atoms with Gasteiger partial charge in [-0.3, -0.25) is 24.4 Å². The average Bonchev–Trinajstić information content (AvgIpc) is 3.27. The predicted molar refractivity (Wildman–Crippen MR) is 137 cm³/mol. The van der Waals surface area contributed by atoms with Gasteiger partial charge in [0.15, 0.2) is 6.19 Å². The van der Waals surface area contributed by atoms with E-state index < -0.39 is 81.2 Å². The number of amides is 2. The number of benzene rings is 1. The van der Waals surface area contributed by atoms with Crippen LogP contribution in [-0.4, -0.2) is 46.2 Å². The molecule has 2 heterocycles. The molecule has 0 spiro atoms. The SMILES string of the molecule is CC1CCN(C#N)C1C(=O)N(c1ccc(S(F)(F)(F)(F)F)cc1)C(C(=O)NC1CCC(F)(F)CC1)c1cncc(F)c1. The van der Waals surface area contributed by atoms with Crippen LogP contribution in [0, 0.1) is 23.2 Å². The Hall–Kier alpha value is -3.61. The first kappa shape index (κ1) is 31.3. The number of carbonyl (C=O) groups excluding carboxylic acids is 2. The Morgan fingerprint density at radius 2 is 1.71 bits per heavy atom. The molecule has 0 radical (unpaired) electrons. The lowest BCUT2D eigenvalue weighted by molar-refractivity contribution is -0.129. The van der Waals surface area contributed by atoms with E-state index in [1.165, 1.54) is 0 Å². The van der Waals surface area contributed by atoms with Crippen LogP contribution >= 0.6 is 10.2 Å². The lowest BCUT2D eigenvalue weighted by atomic mass is 9.91. The van der Waals surface area contributed by atoms with Gasteiger partial charge in [-0.2, -0.15) is 5.26 Å². The number of halogens is 8. The molecular formula is C26H27F8N5O2S. The van der Waals surface area contributed by atoms with Crippen molar-refractivity contribution in [2.75, 3.05) is 11.4 Å². The van der Waals surface area contributed by atoms with Crippen molar-refractivity contribution in [3.63, 3.8) is 0 Å². The molecule has 3 atom stereocenters. The summed E-state index contributed by atoms with van der Waals surface area (Å²) in [6, 6.07) is -1.63. The van der Waals surface area contributed by atoms with Gasteiger partial charge in [0.2, 0.25) is 11.8 Å². The minimum atomic E-state index is -10.1. The minimum Gasteiger partial charge on any atom is -0.351 e. The predicted octanol–water partition coefficient (Wildman–Crippen LogP) is 6.84. The number of nitriles is 1. The van der Waals surface area contributed by atoms with Crippen LogP contribution in [0.15, 0.2) is 47.6 Å². The highest BCUT2D eigenvalue weighted by molar-refractivity contribution is 8.45. The normalized spacial score (nSPS) is 23.3. The minimum absolute atomic E-state index is 0.0688. The van der Waals surface area contributed by atoms with Gasteiger partial charge < -0.3 is 5.32 Å². The van der Waals surface area contributed by atoms with Crippen molar-refractivity contribution in [3.05, 3.63) is 54.1 Å². The van der Waals surface area contributed by atoms with Gasteiger partial charge in [-0.15, -0.1) is 0 Å². The van der Waals surface area contributed by atoms with E-state index in [0.717, 1.165) is 28.3 Å². The summed E-state index contributed by atoms with van der Waals surface area (Å²) in [6.45, 7) is 1.79. The molecule has 7 nitrogen and oxygen atoms in total. The van der Waals surface area contributed by atoms with Crippen LogP contribution in [0.4, 0.5) is 38.3 Å². The lowest BCUT2D eigenvalue weighted by Gasteiger charge is -2.41. The molecule has 1 saturated carbocycles. The number of hydrogen-bond acceptors (Lipinski definition) is 5. The summed E-state index contributed by atoms with van der Waals surface area (Å²) in [6.07, 6.45) is 2.76. The van der Waals surface area contributed by atoms with Crippen molar-refractivity contribution in [2.45, 2.75) is 68.0 Å². The Labute approximate surface area is 236 Å². The van der Waals surface area contributed by atoms with Crippen molar-refractivity contribution in [1.29, 1.82) is 5.26 Å². The standard InChI is InChI=1S/C26H27F8N5O2S/c1-16-8-11-38(15-35)22(16)25(41)39(20-2-4-21(5-3-20)42(30,31,32,33)34)23(17-12-18(27)14-36-13-17)24(40)37-19-6-9-26(28,29)10-7-19/h2-5,12-14,16,19,22-23H,6-11H2,1H3,(H,37,40). The van der Waals surface area contributed by atoms with E-state index >= 15 is 0 Å². The number of aromatic nitrogens is 1. The highest BCUT2D eigenvalue weighted by Crippen LogP contribution is 3.02. The van der Waals surface area contributed by atoms with Crippen molar-refractivity contribution >= 4 is 27.7 Å². The fraction of sp³-hybridized carbons (Fsp3) is 0.462. The third-order valence-corrected chi connectivity index (χ3v) is 8.65. The number of nitrogens with zero attached hydrogens (tertiary/aromatic N) is 4. The molecule has 2 aromatic rings. The quantitative estimate of drug-likeness (QED) is 0.269. The molecular weight excluding hydrogens is 598 g/mol. The molecule has 1 aromatic carbocycles. The number of anilines is 1. The number of nitrogens with one attached hydrogen (secondary N) is 1. The summed E-state index contributed by atoms with van der Waals surface area (Å²) in [7, 11) is -10.1. The topological polar surface area (TPSA) is 89.3 Å². The fourth-order valence-electron chi connectivity index (χ4n) is 5.31. The van der Waals surface area contributed by atoms with Crippen molar-refractivity contribution in [1.82, 2.24) is 15.2 Å². The van der Waals surface area contributed by atoms with E-state index in [2.05, 4.69) is 10.3 Å². The van der Waals surface area contributed by atoms with Gasteiger partial charge in [-0.05, 0) is 55.5 Å². The number of rotatable bonds is 7. The zero-order chi connectivity index (χ0) is 31.2. The molecule has 1 saturated heterocycles. The molecule has 16 heteroatoms. The van der Waals surface area contributed by atoms with Crippen LogP contribution in [0.3, 0.4) is 0 Å². The molecule has 230 valence electrons. The number of hydrogen-bond donors (Lipinski definition) is 1. The highest BCUT2D eigenvalue weighted by atomic mass is 32.5. The Morgan fingerprint density at radius 1 is 1.10 bits per heavy atom. The van der Waals surface area contributed by atoms with Crippen LogP contribution in [0.2, 0.25) is 0 Å². The maximum Gasteiger partial charge on any atom is 0.310 e. The summed E-state index contributed by atoms with van der Waals surface area (Å²) in [4.78, 5) is 31.1. The smallest absolute Gasteiger partial charge is 0.310 e. The maximum atomic E-state index is 14.3. The van der Waals surface area contributed by atoms with Gasteiger partial charge in [0, 0.05) is 42.9 Å². The Kier molecular flexibility index (Phi) is 7.67. The first-order chi connectivity index (χ1) is 19.3. The average molecular weight is 626 g/mol. The molecule has 2 fully saturated rings. The van der Waals surface area contributed by atoms with Gasteiger partial charge in [0.25, 0.3) is 5.91 Å². The van der Waals surface area contributed by atoms with E-state index in [9.17, 15) is 47.5 Å². The molecule has 2 amide bonds. The maximum absolute atomic E-state index is 14.3. The third kappa shape index (κ3) is 6.88. The molecule has 4 rings (SSSR count). The summed E-state index contributed by atoms with van der Waals surface area (Å²) < 4.78 is 109. The van der Waals surface area contributed by atoms with E-state index in [-0.39, 0.29) is 37.1 Å². The van der Waals surface area contributed by atoms with Crippen molar-refractivity contribution in [2.24, 2.45) is 5.92 Å². The molecule has 42 heavy (non-hydrogen) atoms. The molecule has 3 unspecified atom stereocenters. The van der Waals surface area contributed by atoms with Gasteiger partial charge in [-0.1, -0.05) is 26.4 Å². The van der Waals surface area contributed by atoms with E-state index in [4.69, 9.17) is 0 Å². The summed E-state index contributed by atoms with van der Waals surface area (Å²) in [5.74, 6) is -6.27. The summed E-state index contributed by atoms with van der Waals surface area (Å²) in [5.41, 5.74) is -0.657. The number of likely N-dealkylation sites (tertiary alicyclic amines) is 1. The number of pyridine rings is 1. The lowest BCUT2D eigenvalue weighted by Crippen LogP contribution is -2.53. The van der Waals surface area contributed by atoms with Crippen molar-refractivity contribution in [3.8, 4) is 6.19 Å². The highest BCUT2D eigenvalue weighted by Gasteiger charge is 2.65. The van der Waals surface area contributed by atoms with E-state index in [1.807, 2.05) is 6.19 Å². The number of alkyl halides is 2. The molecule has 0 bridgehead atoms. The molecule has 1 aliphatic carbocycles. The Morgan fingerprint density at radius 3 is 2.26 bits per heavy atom. The third-order valence-electron chi connectivity index (χ3n) is 7.49. The van der Waals surface area contributed by atoms with Gasteiger partial charge in [0.05, 0.1) is 6.20 Å². The van der Waals surface area contributed by atoms with Gasteiger partial charge >= 0.3 is 10.2 Å². The van der Waals surface area contributed by atoms with Gasteiger partial charge in [-0.25, -0.2) is 13.2 Å². The zero-order valence-corrected chi connectivity index (χ0v) is 22.9. The molecule has 2 aliphatic rings. The van der Waals surface area contributed by atoms with Crippen LogP contribution in [0.5, 0.6) is 0 Å². The van der Waals surface area contributed by atoms with Crippen molar-refractivity contribution < 1.29 is 42.2 Å². The second-order valence-corrected chi connectivity index (χ2v) is 13.1. The number of carbonyl (C=O) groups is 2. The molecule has 1 aromatic heterocycles. The zero-order valence-electron chi connectivity index (χ0n) is 22.1. The van der Waals surface area contributed by atoms with E-state index in [1.54, 1.807) is 6.92 Å². The second-order valence-electron chi connectivity index (χ2n) is 10.7. The van der Waals surface area contributed by atoms with Crippen LogP contribution in [0.1, 0.15) is 50.6 Å². The van der Waals surface area contributed by atoms with Crippen LogP contribution in [-0.2, 0) is 9.59 Å². The van der Waals surface area contributed by atoms with Crippen LogP contribution < -0.4 is 10.2 Å². The molecule has 1 aliphatic heterocycles. The molecule has 1 N–H and O–H groups in total. The first-order valence-corrected chi connectivity index (χ1v) is 14.9. The largest absolute Gasteiger partial charge is 0.351 e. The van der Waals surface area contributed by atoms with Crippen LogP contribution in [0.25, 0.3) is 0 Å². The fourth-order valence-corrected chi connectivity index (χ4v) is 5.96. The first-order valence-electron chi connectivity index (χ1n) is 12.9. The summed E-state index contributed by atoms with van der Waals surface area (Å²) in [5, 5.41) is 12.2. The summed E-state index contributed by atoms with van der Waals surface area (Å²) >= 11 is 0. The van der Waals surface area contributed by atoms with E-state index in [0.29, 0.717) is 18.6 Å². The van der Waals surface area contributed by atoms with Gasteiger partial charge in [0.1, 0.15) is 22.8 Å². The Bertz CT molecular complexity index is 1390. The Balaban J connectivity index is 1.83.